The van der Waals surface area contributed by atoms with Gasteiger partial charge in [0.2, 0.25) is 11.8 Å². The highest BCUT2D eigenvalue weighted by Crippen LogP contribution is 2.32. The van der Waals surface area contributed by atoms with Crippen LogP contribution < -0.4 is 10.6 Å². The average molecular weight is 536 g/mol. The van der Waals surface area contributed by atoms with Gasteiger partial charge in [0, 0.05) is 12.1 Å². The highest BCUT2D eigenvalue weighted by atomic mass is 32.2. The van der Waals surface area contributed by atoms with Gasteiger partial charge in [-0.25, -0.2) is 4.79 Å². The molecule has 0 aliphatic heterocycles. The zero-order valence-corrected chi connectivity index (χ0v) is 25.4. The van der Waals surface area contributed by atoms with Gasteiger partial charge < -0.3 is 20.3 Å². The Kier molecular flexibility index (Phi) is 13.0. The number of thioether (sulfide) groups is 1. The molecule has 0 radical (unpaired) electrons. The Morgan fingerprint density at radius 3 is 2.24 bits per heavy atom. The van der Waals surface area contributed by atoms with Crippen molar-refractivity contribution in [1.82, 2.24) is 15.5 Å². The number of benzene rings is 1. The number of alkyl carbamates (subject to hydrolysis) is 1. The van der Waals surface area contributed by atoms with Crippen LogP contribution in [0.1, 0.15) is 96.9 Å². The fraction of sp³-hybridized carbons (Fsp3) is 0.690. The molecule has 0 aliphatic rings. The van der Waals surface area contributed by atoms with Gasteiger partial charge in [0.05, 0.1) is 0 Å². The molecule has 0 heterocycles. The molecule has 0 fully saturated rings. The van der Waals surface area contributed by atoms with Gasteiger partial charge in [-0.2, -0.15) is 11.8 Å². The van der Waals surface area contributed by atoms with Gasteiger partial charge in [0.25, 0.3) is 0 Å². The van der Waals surface area contributed by atoms with Gasteiger partial charge in [-0.1, -0.05) is 43.5 Å². The standard InChI is InChI=1S/C29H49N3O4S/c1-11-12-13-17-30-25(33)24(22-19-20(2)14-15-21(22)3)32(28(4,5)6)26(34)23(16-18-37-10)31-27(35)36-29(7,8)9/h14-15,19,23-24H,11-13,16-18H2,1-10H3,(H,30,33)(H,31,35). The number of carbonyl (C=O) groups is 3. The number of aryl methyl sites for hydroxylation is 2. The topological polar surface area (TPSA) is 87.7 Å². The Hall–Kier alpha value is -2.22. The van der Waals surface area contributed by atoms with Crippen LogP contribution in [0, 0.1) is 13.8 Å². The average Bonchev–Trinajstić information content (AvgIpc) is 2.77. The molecule has 0 spiro atoms. The number of rotatable bonds is 12. The zero-order chi connectivity index (χ0) is 28.4. The molecule has 1 aromatic carbocycles. The van der Waals surface area contributed by atoms with E-state index in [0.717, 1.165) is 36.0 Å². The number of amides is 3. The monoisotopic (exact) mass is 535 g/mol. The van der Waals surface area contributed by atoms with Gasteiger partial charge >= 0.3 is 6.09 Å². The number of ether oxygens (including phenoxy) is 1. The lowest BCUT2D eigenvalue weighted by atomic mass is 9.91. The van der Waals surface area contributed by atoms with Crippen molar-refractivity contribution in [2.75, 3.05) is 18.6 Å². The Bertz CT molecular complexity index is 905. The van der Waals surface area contributed by atoms with Crippen molar-refractivity contribution >= 4 is 29.7 Å². The van der Waals surface area contributed by atoms with E-state index in [-0.39, 0.29) is 11.8 Å². The lowest BCUT2D eigenvalue weighted by Gasteiger charge is -2.43. The van der Waals surface area contributed by atoms with E-state index in [4.69, 9.17) is 4.74 Å². The Balaban J connectivity index is 3.55. The van der Waals surface area contributed by atoms with Crippen molar-refractivity contribution in [3.8, 4) is 0 Å². The minimum absolute atomic E-state index is 0.214. The van der Waals surface area contributed by atoms with Crippen molar-refractivity contribution in [3.63, 3.8) is 0 Å². The Morgan fingerprint density at radius 2 is 1.70 bits per heavy atom. The molecule has 3 amide bonds. The highest BCUT2D eigenvalue weighted by Gasteiger charge is 2.42. The van der Waals surface area contributed by atoms with Crippen LogP contribution in [0.15, 0.2) is 18.2 Å². The SMILES string of the molecule is CCCCCNC(=O)C(c1cc(C)ccc1C)N(C(=O)C(CCSC)NC(=O)OC(C)(C)C)C(C)(C)C. The van der Waals surface area contributed by atoms with Crippen LogP contribution in [0.5, 0.6) is 0 Å². The predicted octanol–water partition coefficient (Wildman–Crippen LogP) is 5.92. The lowest BCUT2D eigenvalue weighted by Crippen LogP contribution is -2.58. The molecule has 1 aromatic rings. The van der Waals surface area contributed by atoms with E-state index in [1.165, 1.54) is 0 Å². The first kappa shape index (κ1) is 32.8. The molecule has 0 saturated carbocycles. The molecule has 8 heteroatoms. The summed E-state index contributed by atoms with van der Waals surface area (Å²) in [5, 5.41) is 5.87. The number of hydrogen-bond acceptors (Lipinski definition) is 5. The van der Waals surface area contributed by atoms with Gasteiger partial charge in [0.15, 0.2) is 0 Å². The minimum Gasteiger partial charge on any atom is -0.444 e. The van der Waals surface area contributed by atoms with Crippen LogP contribution >= 0.6 is 11.8 Å². The first-order chi connectivity index (χ1) is 17.1. The van der Waals surface area contributed by atoms with Crippen molar-refractivity contribution < 1.29 is 19.1 Å². The summed E-state index contributed by atoms with van der Waals surface area (Å²) in [4.78, 5) is 42.4. The number of hydrogen-bond donors (Lipinski definition) is 2. The molecule has 2 unspecified atom stereocenters. The third-order valence-electron chi connectivity index (χ3n) is 5.88. The van der Waals surface area contributed by atoms with Gasteiger partial charge in [0.1, 0.15) is 17.7 Å². The number of carbonyl (C=O) groups excluding carboxylic acids is 3. The van der Waals surface area contributed by atoms with E-state index in [1.807, 2.05) is 59.1 Å². The van der Waals surface area contributed by atoms with Crippen LogP contribution in [-0.2, 0) is 14.3 Å². The van der Waals surface area contributed by atoms with E-state index < -0.39 is 29.3 Å². The number of nitrogens with one attached hydrogen (secondary N) is 2. The molecule has 0 bridgehead atoms. The third kappa shape index (κ3) is 11.0. The molecule has 0 aromatic heterocycles. The quantitative estimate of drug-likeness (QED) is 0.324. The maximum Gasteiger partial charge on any atom is 0.408 e. The maximum absolute atomic E-state index is 14.3. The van der Waals surface area contributed by atoms with E-state index in [9.17, 15) is 14.4 Å². The van der Waals surface area contributed by atoms with Crippen molar-refractivity contribution in [1.29, 1.82) is 0 Å². The van der Waals surface area contributed by atoms with Crippen molar-refractivity contribution in [2.45, 2.75) is 111 Å². The van der Waals surface area contributed by atoms with Gasteiger partial charge in [-0.15, -0.1) is 0 Å². The van der Waals surface area contributed by atoms with Crippen molar-refractivity contribution in [3.05, 3.63) is 34.9 Å². The zero-order valence-electron chi connectivity index (χ0n) is 24.6. The molecule has 2 N–H and O–H groups in total. The second kappa shape index (κ2) is 14.6. The predicted molar refractivity (Wildman–Crippen MR) is 154 cm³/mol. The summed E-state index contributed by atoms with van der Waals surface area (Å²) in [6, 6.07) is 4.30. The van der Waals surface area contributed by atoms with E-state index in [1.54, 1.807) is 37.4 Å². The van der Waals surface area contributed by atoms with Gasteiger partial charge in [-0.3, -0.25) is 9.59 Å². The molecule has 1 rings (SSSR count). The van der Waals surface area contributed by atoms with Crippen LogP contribution in [-0.4, -0.2) is 58.5 Å². The second-order valence-electron chi connectivity index (χ2n) is 11.6. The fourth-order valence-corrected chi connectivity index (χ4v) is 4.56. The summed E-state index contributed by atoms with van der Waals surface area (Å²) in [7, 11) is 0. The summed E-state index contributed by atoms with van der Waals surface area (Å²) < 4.78 is 5.46. The highest BCUT2D eigenvalue weighted by molar-refractivity contribution is 7.98. The molecular weight excluding hydrogens is 486 g/mol. The van der Waals surface area contributed by atoms with Crippen LogP contribution in [0.2, 0.25) is 0 Å². The molecule has 2 atom stereocenters. The molecular formula is C29H49N3O4S. The summed E-state index contributed by atoms with van der Waals surface area (Å²) in [5.41, 5.74) is 1.34. The fourth-order valence-electron chi connectivity index (χ4n) is 4.09. The minimum atomic E-state index is -0.841. The largest absolute Gasteiger partial charge is 0.444 e. The Labute approximate surface area is 228 Å². The smallest absolute Gasteiger partial charge is 0.408 e. The third-order valence-corrected chi connectivity index (χ3v) is 6.52. The van der Waals surface area contributed by atoms with Gasteiger partial charge in [-0.05, 0) is 91.4 Å². The van der Waals surface area contributed by atoms with Crippen LogP contribution in [0.25, 0.3) is 0 Å². The first-order valence-corrected chi connectivity index (χ1v) is 14.7. The van der Waals surface area contributed by atoms with Crippen LogP contribution in [0.4, 0.5) is 4.79 Å². The summed E-state index contributed by atoms with van der Waals surface area (Å²) in [5.74, 6) is 0.151. The second-order valence-corrected chi connectivity index (χ2v) is 12.6. The molecule has 7 nitrogen and oxygen atoms in total. The normalized spacial score (nSPS) is 13.5. The van der Waals surface area contributed by atoms with Crippen molar-refractivity contribution in [2.24, 2.45) is 0 Å². The van der Waals surface area contributed by atoms with E-state index in [2.05, 4.69) is 17.6 Å². The lowest BCUT2D eigenvalue weighted by molar-refractivity contribution is -0.148. The van der Waals surface area contributed by atoms with E-state index >= 15 is 0 Å². The Morgan fingerprint density at radius 1 is 1.05 bits per heavy atom. The first-order valence-electron chi connectivity index (χ1n) is 13.3. The van der Waals surface area contributed by atoms with Crippen LogP contribution in [0.3, 0.4) is 0 Å². The number of nitrogens with zero attached hydrogens (tertiary/aromatic N) is 1. The molecule has 210 valence electrons. The summed E-state index contributed by atoms with van der Waals surface area (Å²) >= 11 is 1.60. The molecule has 0 saturated heterocycles. The maximum atomic E-state index is 14.3. The summed E-state index contributed by atoms with van der Waals surface area (Å²) in [6.45, 7) is 17.7. The van der Waals surface area contributed by atoms with E-state index in [0.29, 0.717) is 18.7 Å². The molecule has 37 heavy (non-hydrogen) atoms. The molecule has 0 aliphatic carbocycles. The summed E-state index contributed by atoms with van der Waals surface area (Å²) in [6.07, 6.45) is 4.68. The number of unbranched alkanes of at least 4 members (excludes halogenated alkanes) is 2.